The predicted molar refractivity (Wildman–Crippen MR) is 72.0 cm³/mol. The van der Waals surface area contributed by atoms with Gasteiger partial charge in [0.05, 0.1) is 11.8 Å². The van der Waals surface area contributed by atoms with E-state index >= 15 is 0 Å². The van der Waals surface area contributed by atoms with Crippen LogP contribution in [0, 0.1) is 0 Å². The third kappa shape index (κ3) is 3.05. The van der Waals surface area contributed by atoms with Crippen molar-refractivity contribution in [2.24, 2.45) is 0 Å². The van der Waals surface area contributed by atoms with Crippen molar-refractivity contribution in [1.82, 2.24) is 9.38 Å². The number of anilines is 1. The van der Waals surface area contributed by atoms with E-state index in [1.165, 1.54) is 22.9 Å². The Kier molecular flexibility index (Phi) is 3.35. The number of amides is 1. The second-order valence-corrected chi connectivity index (χ2v) is 5.22. The van der Waals surface area contributed by atoms with Crippen molar-refractivity contribution in [2.45, 2.75) is 26.4 Å². The minimum Gasteiger partial charge on any atom is -0.478 e. The summed E-state index contributed by atoms with van der Waals surface area (Å²) < 4.78 is 6.61. The number of nitrogens with one attached hydrogen (secondary N) is 1. The van der Waals surface area contributed by atoms with E-state index in [9.17, 15) is 9.59 Å². The maximum Gasteiger partial charge on any atom is 0.413 e. The highest BCUT2D eigenvalue weighted by molar-refractivity contribution is 5.88. The van der Waals surface area contributed by atoms with Gasteiger partial charge in [-0.2, -0.15) is 0 Å². The zero-order chi connectivity index (χ0) is 14.9. The van der Waals surface area contributed by atoms with E-state index in [-0.39, 0.29) is 5.56 Å². The van der Waals surface area contributed by atoms with Crippen molar-refractivity contribution in [3.8, 4) is 0 Å². The molecule has 2 aromatic rings. The molecule has 0 bridgehead atoms. The zero-order valence-electron chi connectivity index (χ0n) is 11.4. The van der Waals surface area contributed by atoms with Crippen LogP contribution >= 0.6 is 0 Å². The molecule has 0 aliphatic heterocycles. The molecule has 0 atom stereocenters. The number of aromatic nitrogens is 2. The molecule has 2 N–H and O–H groups in total. The van der Waals surface area contributed by atoms with Crippen molar-refractivity contribution in [2.75, 3.05) is 5.32 Å². The molecule has 0 aromatic carbocycles. The highest BCUT2D eigenvalue weighted by atomic mass is 16.6. The number of pyridine rings is 1. The Morgan fingerprint density at radius 2 is 2.05 bits per heavy atom. The minimum absolute atomic E-state index is 0.0998. The van der Waals surface area contributed by atoms with Crippen molar-refractivity contribution in [3.63, 3.8) is 0 Å². The first-order valence-electron chi connectivity index (χ1n) is 5.97. The number of fused-ring (bicyclic) bond motifs is 1. The molecule has 0 radical (unpaired) electrons. The van der Waals surface area contributed by atoms with Gasteiger partial charge in [0.2, 0.25) is 0 Å². The summed E-state index contributed by atoms with van der Waals surface area (Å²) in [4.78, 5) is 26.7. The van der Waals surface area contributed by atoms with Gasteiger partial charge in [0.15, 0.2) is 0 Å². The first kappa shape index (κ1) is 13.9. The van der Waals surface area contributed by atoms with E-state index in [2.05, 4.69) is 10.3 Å². The fraction of sp³-hybridized carbons (Fsp3) is 0.308. The average Bonchev–Trinajstić information content (AvgIpc) is 2.69. The lowest BCUT2D eigenvalue weighted by Crippen LogP contribution is -2.27. The van der Waals surface area contributed by atoms with Crippen LogP contribution in [0.3, 0.4) is 0 Å². The normalized spacial score (nSPS) is 11.3. The molecule has 2 heterocycles. The van der Waals surface area contributed by atoms with Crippen molar-refractivity contribution >= 4 is 23.5 Å². The van der Waals surface area contributed by atoms with Gasteiger partial charge in [-0.15, -0.1) is 0 Å². The summed E-state index contributed by atoms with van der Waals surface area (Å²) in [5.74, 6) is -0.707. The van der Waals surface area contributed by atoms with Crippen LogP contribution in [-0.4, -0.2) is 32.2 Å². The Balaban J connectivity index is 2.28. The molecule has 20 heavy (non-hydrogen) atoms. The minimum atomic E-state index is -1.05. The summed E-state index contributed by atoms with van der Waals surface area (Å²) in [7, 11) is 0. The van der Waals surface area contributed by atoms with Gasteiger partial charge in [0.1, 0.15) is 17.1 Å². The van der Waals surface area contributed by atoms with Crippen LogP contribution in [0.2, 0.25) is 0 Å². The van der Waals surface area contributed by atoms with Crippen LogP contribution in [0.4, 0.5) is 10.6 Å². The first-order chi connectivity index (χ1) is 9.26. The van der Waals surface area contributed by atoms with E-state index < -0.39 is 17.7 Å². The SMILES string of the molecule is CC(C)(C)OC(=O)Nc1cnc2ccc(C(=O)O)cn12. The molecule has 2 aromatic heterocycles. The van der Waals surface area contributed by atoms with Gasteiger partial charge < -0.3 is 9.84 Å². The van der Waals surface area contributed by atoms with Gasteiger partial charge in [0.25, 0.3) is 0 Å². The topological polar surface area (TPSA) is 92.9 Å². The van der Waals surface area contributed by atoms with E-state index in [0.29, 0.717) is 11.5 Å². The summed E-state index contributed by atoms with van der Waals surface area (Å²) in [6.07, 6.45) is 2.20. The van der Waals surface area contributed by atoms with E-state index in [1.54, 1.807) is 26.8 Å². The van der Waals surface area contributed by atoms with E-state index in [4.69, 9.17) is 9.84 Å². The maximum atomic E-state index is 11.7. The first-order valence-corrected chi connectivity index (χ1v) is 5.97. The lowest BCUT2D eigenvalue weighted by atomic mass is 10.2. The Bertz CT molecular complexity index is 670. The number of carbonyl (C=O) groups excluding carboxylic acids is 1. The van der Waals surface area contributed by atoms with Gasteiger partial charge in [0, 0.05) is 6.20 Å². The molecule has 7 heteroatoms. The van der Waals surface area contributed by atoms with Crippen LogP contribution in [0.1, 0.15) is 31.1 Å². The number of hydrogen-bond donors (Lipinski definition) is 2. The molecule has 0 saturated heterocycles. The van der Waals surface area contributed by atoms with Gasteiger partial charge in [-0.05, 0) is 32.9 Å². The molecule has 0 saturated carbocycles. The summed E-state index contributed by atoms with van der Waals surface area (Å²) in [5, 5.41) is 11.5. The molecule has 2 rings (SSSR count). The molecular formula is C13H15N3O4. The molecule has 0 unspecified atom stereocenters. The number of ether oxygens (including phenoxy) is 1. The number of imidazole rings is 1. The Labute approximate surface area is 115 Å². The zero-order valence-corrected chi connectivity index (χ0v) is 11.4. The third-order valence-electron chi connectivity index (χ3n) is 2.38. The highest BCUT2D eigenvalue weighted by Gasteiger charge is 2.17. The third-order valence-corrected chi connectivity index (χ3v) is 2.38. The van der Waals surface area contributed by atoms with E-state index in [0.717, 1.165) is 0 Å². The van der Waals surface area contributed by atoms with Gasteiger partial charge >= 0.3 is 12.1 Å². The van der Waals surface area contributed by atoms with Crippen molar-refractivity contribution < 1.29 is 19.4 Å². The second kappa shape index (κ2) is 4.84. The van der Waals surface area contributed by atoms with Crippen molar-refractivity contribution in [3.05, 3.63) is 30.1 Å². The second-order valence-electron chi connectivity index (χ2n) is 5.22. The van der Waals surface area contributed by atoms with Crippen LogP contribution in [-0.2, 0) is 4.74 Å². The average molecular weight is 277 g/mol. The summed E-state index contributed by atoms with van der Waals surface area (Å²) in [6, 6.07) is 3.01. The van der Waals surface area contributed by atoms with Gasteiger partial charge in [-0.3, -0.25) is 9.72 Å². The Hall–Kier alpha value is -2.57. The number of carbonyl (C=O) groups is 2. The number of hydrogen-bond acceptors (Lipinski definition) is 4. The molecule has 106 valence electrons. The summed E-state index contributed by atoms with van der Waals surface area (Å²) in [5.41, 5.74) is 0.0142. The molecule has 0 spiro atoms. The number of rotatable bonds is 2. The lowest BCUT2D eigenvalue weighted by molar-refractivity contribution is 0.0633. The van der Waals surface area contributed by atoms with Gasteiger partial charge in [-0.25, -0.2) is 14.6 Å². The summed E-state index contributed by atoms with van der Waals surface area (Å²) >= 11 is 0. The molecular weight excluding hydrogens is 262 g/mol. The van der Waals surface area contributed by atoms with Crippen LogP contribution in [0.15, 0.2) is 24.5 Å². The fourth-order valence-corrected chi connectivity index (χ4v) is 1.61. The Morgan fingerprint density at radius 1 is 1.35 bits per heavy atom. The monoisotopic (exact) mass is 277 g/mol. The fourth-order valence-electron chi connectivity index (χ4n) is 1.61. The largest absolute Gasteiger partial charge is 0.478 e. The molecule has 1 amide bonds. The smallest absolute Gasteiger partial charge is 0.413 e. The number of nitrogens with zero attached hydrogens (tertiary/aromatic N) is 2. The van der Waals surface area contributed by atoms with Crippen molar-refractivity contribution in [1.29, 1.82) is 0 Å². The molecule has 0 aliphatic carbocycles. The lowest BCUT2D eigenvalue weighted by Gasteiger charge is -2.19. The van der Waals surface area contributed by atoms with E-state index in [1.807, 2.05) is 0 Å². The number of carboxylic acid groups (broad SMARTS) is 1. The molecule has 0 fully saturated rings. The molecule has 7 nitrogen and oxygen atoms in total. The number of aromatic carboxylic acids is 1. The predicted octanol–water partition coefficient (Wildman–Crippen LogP) is 2.38. The number of carboxylic acids is 1. The molecule has 0 aliphatic rings. The highest BCUT2D eigenvalue weighted by Crippen LogP contribution is 2.15. The van der Waals surface area contributed by atoms with Crippen LogP contribution in [0.25, 0.3) is 5.65 Å². The Morgan fingerprint density at radius 3 is 2.65 bits per heavy atom. The van der Waals surface area contributed by atoms with Crippen LogP contribution < -0.4 is 5.32 Å². The quantitative estimate of drug-likeness (QED) is 0.879. The standard InChI is InChI=1S/C13H15N3O4/c1-13(2,3)20-12(19)15-10-6-14-9-5-4-8(11(17)18)7-16(9)10/h4-7H,1-3H3,(H,15,19)(H,17,18). The maximum absolute atomic E-state index is 11.7. The van der Waals surface area contributed by atoms with Crippen LogP contribution in [0.5, 0.6) is 0 Å². The summed E-state index contributed by atoms with van der Waals surface area (Å²) in [6.45, 7) is 5.26. The van der Waals surface area contributed by atoms with Gasteiger partial charge in [-0.1, -0.05) is 0 Å².